The second-order valence-corrected chi connectivity index (χ2v) is 17.5. The van der Waals surface area contributed by atoms with Gasteiger partial charge in [-0.15, -0.1) is 0 Å². The molecule has 0 radical (unpaired) electrons. The summed E-state index contributed by atoms with van der Waals surface area (Å²) in [7, 11) is 2.98. The van der Waals surface area contributed by atoms with Gasteiger partial charge in [0, 0.05) is 36.4 Å². The molecule has 18 nitrogen and oxygen atoms in total. The first-order valence-corrected chi connectivity index (χ1v) is 22.4. The lowest BCUT2D eigenvalue weighted by molar-refractivity contribution is -0.127. The molecule has 0 bridgehead atoms. The summed E-state index contributed by atoms with van der Waals surface area (Å²) in [6, 6.07) is 10.5. The first-order valence-electron chi connectivity index (χ1n) is 22.4. The maximum atomic E-state index is 14.0. The van der Waals surface area contributed by atoms with E-state index in [1.165, 1.54) is 31.3 Å². The molecule has 1 unspecified atom stereocenters. The Morgan fingerprint density at radius 2 is 1.42 bits per heavy atom. The first-order chi connectivity index (χ1) is 32.1. The van der Waals surface area contributed by atoms with Crippen LogP contribution in [0, 0.1) is 5.92 Å². The average Bonchev–Trinajstić information content (AvgIpc) is 3.85. The number of unbranched alkanes of at least 4 members (excludes halogenated alkanes) is 2. The minimum absolute atomic E-state index is 0.0912. The highest BCUT2D eigenvalue weighted by Crippen LogP contribution is 2.43. The van der Waals surface area contributed by atoms with E-state index in [0.717, 1.165) is 28.9 Å². The maximum absolute atomic E-state index is 14.0. The van der Waals surface area contributed by atoms with Gasteiger partial charge in [0.25, 0.3) is 11.8 Å². The number of aliphatic hydroxyl groups excluding tert-OH is 1. The maximum Gasteiger partial charge on any atom is 0.416 e. The van der Waals surface area contributed by atoms with E-state index in [0.29, 0.717) is 59.9 Å². The molecular weight excluding hydrogens is 863 g/mol. The number of benzene rings is 3. The van der Waals surface area contributed by atoms with Gasteiger partial charge >= 0.3 is 6.09 Å². The van der Waals surface area contributed by atoms with Crippen molar-refractivity contribution in [2.24, 2.45) is 16.6 Å². The summed E-state index contributed by atoms with van der Waals surface area (Å²) < 4.78 is 29.3. The highest BCUT2D eigenvalue weighted by Gasteiger charge is 2.45. The molecule has 0 fully saturated rings. The Morgan fingerprint density at radius 3 is 2.07 bits per heavy atom. The lowest BCUT2D eigenvalue weighted by Crippen LogP contribution is -2.50. The number of amides is 5. The molecule has 67 heavy (non-hydrogen) atoms. The van der Waals surface area contributed by atoms with Crippen molar-refractivity contribution in [3.8, 4) is 23.0 Å². The molecule has 5 N–H and O–H groups in total. The molecule has 0 aromatic heterocycles. The van der Waals surface area contributed by atoms with Crippen LogP contribution in [0.4, 0.5) is 21.9 Å². The molecule has 3 aromatic carbocycles. The lowest BCUT2D eigenvalue weighted by atomic mass is 10.0. The van der Waals surface area contributed by atoms with Crippen molar-refractivity contribution in [1.29, 1.82) is 0 Å². The lowest BCUT2D eigenvalue weighted by Gasteiger charge is -2.31. The molecule has 4 heterocycles. The third-order valence-electron chi connectivity index (χ3n) is 12.1. The number of hydrogen-bond donors (Lipinski definition) is 4. The Balaban J connectivity index is 0.975. The number of ether oxygens (including phenoxy) is 5. The Morgan fingerprint density at radius 1 is 0.806 bits per heavy atom. The standard InChI is InChI=1S/C49H59N7O11/c1-27(2)43(50)45(58)52-30(5)44(57)53-32-13-11-31(12-14-32)26-67-49(62)56-37-22-42(40(64-7)20-35(37)47(60)55-25-29(4)18-38(55)48(56)61)66-16-10-8-9-15-65-41-21-36-34(19-39(41)63-6)46(59)54-24-28(3)17-33(54)23-51-36/h11-14,19-25,27,30,33,38,43,48,61H,8-10,15-18,26,50H2,1-7H3,(H,52,58)(H,53,57)/t30-,33?,38-,43-,48-/m0/s1. The van der Waals surface area contributed by atoms with E-state index in [4.69, 9.17) is 29.4 Å². The second kappa shape index (κ2) is 20.7. The third kappa shape index (κ3) is 10.5. The summed E-state index contributed by atoms with van der Waals surface area (Å²) >= 11 is 0. The van der Waals surface area contributed by atoms with Crippen molar-refractivity contribution in [3.05, 3.63) is 88.8 Å². The number of fused-ring (bicyclic) bond motifs is 4. The van der Waals surface area contributed by atoms with Crippen LogP contribution in [0.1, 0.15) is 93.0 Å². The van der Waals surface area contributed by atoms with Crippen LogP contribution in [0.15, 0.2) is 77.1 Å². The summed E-state index contributed by atoms with van der Waals surface area (Å²) in [5.41, 5.74) is 10.1. The summed E-state index contributed by atoms with van der Waals surface area (Å²) in [6.07, 6.45) is 6.03. The van der Waals surface area contributed by atoms with Gasteiger partial charge in [-0.3, -0.25) is 24.2 Å². The molecule has 0 saturated heterocycles. The van der Waals surface area contributed by atoms with Crippen molar-refractivity contribution in [3.63, 3.8) is 0 Å². The molecule has 3 aromatic rings. The monoisotopic (exact) mass is 921 g/mol. The quantitative estimate of drug-likeness (QED) is 0.111. The highest BCUT2D eigenvalue weighted by molar-refractivity contribution is 6.07. The number of nitrogens with zero attached hydrogens (tertiary/aromatic N) is 4. The smallest absolute Gasteiger partial charge is 0.416 e. The Labute approximate surface area is 389 Å². The molecule has 7 rings (SSSR count). The van der Waals surface area contributed by atoms with Crippen LogP contribution in [0.2, 0.25) is 0 Å². The van der Waals surface area contributed by atoms with Gasteiger partial charge in [-0.25, -0.2) is 9.69 Å². The Kier molecular flexibility index (Phi) is 14.9. The predicted octanol–water partition coefficient (Wildman–Crippen LogP) is 6.19. The van der Waals surface area contributed by atoms with Crippen LogP contribution in [0.3, 0.4) is 0 Å². The van der Waals surface area contributed by atoms with Crippen LogP contribution in [0.5, 0.6) is 23.0 Å². The number of anilines is 2. The molecule has 4 aliphatic heterocycles. The SMILES string of the molecule is COc1cc2c(cc1OCCCCCOc1cc3c(cc1OC)C(=O)N1C=C(C)C[C@H]1[C@H](O)N3C(=O)OCc1ccc(NC(=O)[C@H](C)NC(=O)[C@@H](N)C(C)C)cc1)N=CC1CC(C)=CN1C2=O. The number of aliphatic hydroxyl groups is 1. The molecular formula is C49H59N7O11. The predicted molar refractivity (Wildman–Crippen MR) is 250 cm³/mol. The van der Waals surface area contributed by atoms with E-state index in [1.807, 2.05) is 33.9 Å². The van der Waals surface area contributed by atoms with E-state index >= 15 is 0 Å². The molecule has 5 amide bonds. The fourth-order valence-corrected chi connectivity index (χ4v) is 8.25. The Hall–Kier alpha value is -6.92. The zero-order chi connectivity index (χ0) is 48.1. The van der Waals surface area contributed by atoms with Gasteiger partial charge in [0.2, 0.25) is 11.8 Å². The number of hydrogen-bond acceptors (Lipinski definition) is 13. The Bertz CT molecular complexity index is 2490. The summed E-state index contributed by atoms with van der Waals surface area (Å²) in [5, 5.41) is 17.2. The number of methoxy groups -OCH3 is 2. The number of carbonyl (C=O) groups excluding carboxylic acids is 5. The van der Waals surface area contributed by atoms with Crippen LogP contribution >= 0.6 is 0 Å². The molecule has 0 aliphatic carbocycles. The molecule has 0 saturated carbocycles. The fourth-order valence-electron chi connectivity index (χ4n) is 8.25. The van der Waals surface area contributed by atoms with Gasteiger partial charge in [-0.05, 0) is 88.6 Å². The molecule has 5 atom stereocenters. The number of aliphatic imine (C=N–C) groups is 1. The summed E-state index contributed by atoms with van der Waals surface area (Å²) in [5.74, 6) is -0.0775. The van der Waals surface area contributed by atoms with E-state index in [2.05, 4.69) is 15.6 Å². The topological polar surface area (TPSA) is 224 Å². The van der Waals surface area contributed by atoms with Gasteiger partial charge in [0.15, 0.2) is 29.2 Å². The average molecular weight is 922 g/mol. The van der Waals surface area contributed by atoms with Gasteiger partial charge in [-0.2, -0.15) is 0 Å². The van der Waals surface area contributed by atoms with Crippen LogP contribution in [-0.2, 0) is 20.9 Å². The number of nitrogens with one attached hydrogen (secondary N) is 2. The molecule has 0 spiro atoms. The van der Waals surface area contributed by atoms with E-state index in [-0.39, 0.29) is 53.8 Å². The fraction of sp³-hybridized carbons (Fsp3) is 0.429. The zero-order valence-electron chi connectivity index (χ0n) is 38.9. The van der Waals surface area contributed by atoms with Gasteiger partial charge in [0.1, 0.15) is 12.6 Å². The van der Waals surface area contributed by atoms with E-state index in [1.54, 1.807) is 60.6 Å². The summed E-state index contributed by atoms with van der Waals surface area (Å²) in [6.45, 7) is 9.46. The van der Waals surface area contributed by atoms with Crippen molar-refractivity contribution in [2.75, 3.05) is 37.7 Å². The van der Waals surface area contributed by atoms with E-state index in [9.17, 15) is 29.1 Å². The zero-order valence-corrected chi connectivity index (χ0v) is 38.9. The van der Waals surface area contributed by atoms with Gasteiger partial charge in [-0.1, -0.05) is 37.1 Å². The number of carbonyl (C=O) groups is 5. The van der Waals surface area contributed by atoms with Crippen molar-refractivity contribution < 1.29 is 52.8 Å². The minimum atomic E-state index is -1.48. The van der Waals surface area contributed by atoms with Gasteiger partial charge in [0.05, 0.1) is 68.1 Å². The third-order valence-corrected chi connectivity index (χ3v) is 12.1. The van der Waals surface area contributed by atoms with E-state index < -0.39 is 48.2 Å². The first kappa shape index (κ1) is 48.0. The van der Waals surface area contributed by atoms with Crippen molar-refractivity contribution in [2.45, 2.75) is 104 Å². The van der Waals surface area contributed by atoms with Crippen molar-refractivity contribution in [1.82, 2.24) is 15.1 Å². The van der Waals surface area contributed by atoms with Crippen LogP contribution < -0.4 is 40.2 Å². The largest absolute Gasteiger partial charge is 0.493 e. The molecule has 4 aliphatic rings. The number of nitrogens with two attached hydrogens (primary N) is 1. The normalized spacial score (nSPS) is 19.2. The molecule has 18 heteroatoms. The molecule has 356 valence electrons. The summed E-state index contributed by atoms with van der Waals surface area (Å²) in [4.78, 5) is 75.4. The number of rotatable bonds is 17. The minimum Gasteiger partial charge on any atom is -0.493 e. The van der Waals surface area contributed by atoms with Gasteiger partial charge < -0.3 is 55.0 Å². The van der Waals surface area contributed by atoms with Crippen LogP contribution in [-0.4, -0.2) is 109 Å². The second-order valence-electron chi connectivity index (χ2n) is 17.5. The van der Waals surface area contributed by atoms with Crippen molar-refractivity contribution >= 4 is 53.0 Å². The van der Waals surface area contributed by atoms with Crippen LogP contribution in [0.25, 0.3) is 0 Å². The highest BCUT2D eigenvalue weighted by atomic mass is 16.6.